The van der Waals surface area contributed by atoms with Crippen LogP contribution >= 0.6 is 0 Å². The van der Waals surface area contributed by atoms with E-state index in [1.54, 1.807) is 34.6 Å². The third-order valence-corrected chi connectivity index (χ3v) is 10.5. The molecule has 0 aromatic heterocycles. The molecule has 3 saturated heterocycles. The Bertz CT molecular complexity index is 1180. The van der Waals surface area contributed by atoms with Crippen molar-refractivity contribution in [3.8, 4) is 0 Å². The molecule has 0 aromatic rings. The number of rotatable bonds is 7. The number of Topliss-reactive ketones (excluding diaryl/α,β-unsaturated/α-hetero) is 2. The van der Waals surface area contributed by atoms with Crippen LogP contribution in [0.3, 0.4) is 0 Å². The number of hydrogen-bond acceptors (Lipinski definition) is 12. The number of nitrogens with one attached hydrogen (secondary N) is 1. The van der Waals surface area contributed by atoms with Crippen LogP contribution in [0.25, 0.3) is 0 Å². The molecular weight excluding hydrogens is 612 g/mol. The van der Waals surface area contributed by atoms with Gasteiger partial charge in [-0.25, -0.2) is 4.79 Å². The number of hydrogen-bond donors (Lipinski definition) is 1. The van der Waals surface area contributed by atoms with Gasteiger partial charge in [0.05, 0.1) is 29.9 Å². The first-order chi connectivity index (χ1) is 21.8. The molecule has 1 N–H and O–H groups in total. The quantitative estimate of drug-likeness (QED) is 0.240. The molecule has 268 valence electrons. The zero-order valence-electron chi connectivity index (χ0n) is 30.1. The first-order valence-corrected chi connectivity index (χ1v) is 16.8. The van der Waals surface area contributed by atoms with Gasteiger partial charge < -0.3 is 38.6 Å². The summed E-state index contributed by atoms with van der Waals surface area (Å²) in [6.07, 6.45) is -3.52. The number of nitrogens with zero attached hydrogens (tertiary/aromatic N) is 1. The van der Waals surface area contributed by atoms with Gasteiger partial charge >= 0.3 is 18.0 Å². The maximum atomic E-state index is 14.3. The lowest BCUT2D eigenvalue weighted by Gasteiger charge is -2.47. The summed E-state index contributed by atoms with van der Waals surface area (Å²) >= 11 is 0. The van der Waals surface area contributed by atoms with Crippen molar-refractivity contribution in [3.63, 3.8) is 0 Å². The van der Waals surface area contributed by atoms with Crippen molar-refractivity contribution in [2.24, 2.45) is 23.7 Å². The van der Waals surface area contributed by atoms with E-state index in [0.29, 0.717) is 12.8 Å². The molecule has 1 amide bonds. The van der Waals surface area contributed by atoms with Crippen LogP contribution in [0.4, 0.5) is 4.79 Å². The van der Waals surface area contributed by atoms with Crippen LogP contribution in [-0.4, -0.2) is 110 Å². The van der Waals surface area contributed by atoms with Gasteiger partial charge in [-0.3, -0.25) is 19.2 Å². The number of fused-ring (bicyclic) bond motifs is 1. The number of carbonyl (C=O) groups excluding carboxylic acids is 5. The van der Waals surface area contributed by atoms with E-state index in [9.17, 15) is 24.0 Å². The molecule has 47 heavy (non-hydrogen) atoms. The van der Waals surface area contributed by atoms with Gasteiger partial charge in [-0.15, -0.1) is 0 Å². The van der Waals surface area contributed by atoms with E-state index in [-0.39, 0.29) is 30.8 Å². The molecule has 13 heteroatoms. The Kier molecular flexibility index (Phi) is 12.6. The van der Waals surface area contributed by atoms with Crippen molar-refractivity contribution in [2.45, 2.75) is 142 Å². The summed E-state index contributed by atoms with van der Waals surface area (Å²) in [5.41, 5.74) is -2.62. The fraction of sp³-hybridized carbons (Fsp3) is 0.853. The molecule has 13 nitrogen and oxygen atoms in total. The van der Waals surface area contributed by atoms with Crippen LogP contribution in [0.1, 0.15) is 88.0 Å². The Morgan fingerprint density at radius 2 is 1.66 bits per heavy atom. The van der Waals surface area contributed by atoms with Crippen LogP contribution < -0.4 is 5.32 Å². The van der Waals surface area contributed by atoms with Crippen molar-refractivity contribution in [2.75, 3.05) is 21.2 Å². The fourth-order valence-corrected chi connectivity index (χ4v) is 7.72. The Morgan fingerprint density at radius 1 is 1.02 bits per heavy atom. The largest absolute Gasteiger partial charge is 0.458 e. The molecule has 0 radical (unpaired) electrons. The minimum Gasteiger partial charge on any atom is -0.458 e. The highest BCUT2D eigenvalue weighted by molar-refractivity contribution is 6.00. The summed E-state index contributed by atoms with van der Waals surface area (Å²) in [5, 5.41) is 2.81. The minimum absolute atomic E-state index is 0.132. The molecule has 3 aliphatic heterocycles. The summed E-state index contributed by atoms with van der Waals surface area (Å²) in [6, 6.07) is -1.04. The molecule has 3 rings (SSSR count). The summed E-state index contributed by atoms with van der Waals surface area (Å²) < 4.78 is 36.5. The number of methoxy groups -OCH3 is 1. The summed E-state index contributed by atoms with van der Waals surface area (Å²) in [5.74, 6) is -5.38. The summed E-state index contributed by atoms with van der Waals surface area (Å²) in [7, 11) is 5.23. The number of amides is 1. The smallest absolute Gasteiger partial charge is 0.408 e. The second kappa shape index (κ2) is 15.3. The van der Waals surface area contributed by atoms with E-state index in [0.717, 1.165) is 0 Å². The van der Waals surface area contributed by atoms with Gasteiger partial charge in [-0.2, -0.15) is 0 Å². The summed E-state index contributed by atoms with van der Waals surface area (Å²) in [4.78, 5) is 68.9. The maximum absolute atomic E-state index is 14.3. The van der Waals surface area contributed by atoms with Crippen LogP contribution in [-0.2, 0) is 47.6 Å². The molecular formula is C34H56N2O11. The second-order valence-electron chi connectivity index (χ2n) is 14.2. The number of likely N-dealkylation sites (N-methyl/N-ethyl adjacent to an activating group) is 1. The highest BCUT2D eigenvalue weighted by Crippen LogP contribution is 2.41. The van der Waals surface area contributed by atoms with Gasteiger partial charge in [0, 0.05) is 31.8 Å². The van der Waals surface area contributed by atoms with Crippen molar-refractivity contribution in [1.29, 1.82) is 0 Å². The predicted octanol–water partition coefficient (Wildman–Crippen LogP) is 3.44. The maximum Gasteiger partial charge on any atom is 0.408 e. The molecule has 0 saturated carbocycles. The average Bonchev–Trinajstić information content (AvgIpc) is 3.31. The molecule has 0 aromatic carbocycles. The van der Waals surface area contributed by atoms with Crippen molar-refractivity contribution >= 4 is 29.6 Å². The molecule has 1 unspecified atom stereocenters. The van der Waals surface area contributed by atoms with E-state index in [2.05, 4.69) is 5.32 Å². The van der Waals surface area contributed by atoms with E-state index >= 15 is 0 Å². The Balaban J connectivity index is 2.15. The molecule has 3 fully saturated rings. The normalized spacial score (nSPS) is 42.2. The topological polar surface area (TPSA) is 156 Å². The van der Waals surface area contributed by atoms with Gasteiger partial charge in [0.1, 0.15) is 17.8 Å². The molecule has 0 aliphatic carbocycles. The van der Waals surface area contributed by atoms with Gasteiger partial charge in [-0.05, 0) is 67.5 Å². The number of alkyl carbamates (subject to hydrolysis) is 1. The minimum atomic E-state index is -1.35. The number of ketones is 2. The van der Waals surface area contributed by atoms with Gasteiger partial charge in [0.2, 0.25) is 0 Å². The lowest BCUT2D eigenvalue weighted by molar-refractivity contribution is -0.298. The molecule has 0 bridgehead atoms. The Morgan fingerprint density at radius 3 is 2.19 bits per heavy atom. The van der Waals surface area contributed by atoms with E-state index in [4.69, 9.17) is 28.4 Å². The third-order valence-electron chi connectivity index (χ3n) is 10.5. The molecule has 3 heterocycles. The first kappa shape index (κ1) is 38.8. The van der Waals surface area contributed by atoms with E-state index < -0.39 is 89.3 Å². The standard InChI is InChI=1S/C34H56N2O11/c1-13-22-25(38)17(3)16-33(8,42-12)29(46-31-27(44-21(7)37)23(36(10)11)15-18(4)43-31)19(5)26(39)20(6)30(40)45-24(14-2)34(9)28(22)35-32(41)47-34/h17-20,22-24,27-29,31H,13-16H2,1-12H3,(H,35,41)/t17-,18-,19+,20-,22?,23+,24-,27-,28-,29-,31+,33+,34-/m1/s1. The monoisotopic (exact) mass is 668 g/mol. The fourth-order valence-electron chi connectivity index (χ4n) is 7.72. The van der Waals surface area contributed by atoms with Gasteiger partial charge in [0.15, 0.2) is 23.8 Å². The summed E-state index contributed by atoms with van der Waals surface area (Å²) in [6.45, 7) is 15.2. The van der Waals surface area contributed by atoms with Crippen molar-refractivity contribution in [3.05, 3.63) is 0 Å². The first-order valence-electron chi connectivity index (χ1n) is 16.8. The van der Waals surface area contributed by atoms with Gasteiger partial charge in [0.25, 0.3) is 0 Å². The van der Waals surface area contributed by atoms with E-state index in [1.165, 1.54) is 21.0 Å². The van der Waals surface area contributed by atoms with Crippen molar-refractivity contribution < 1.29 is 52.4 Å². The highest BCUT2D eigenvalue weighted by atomic mass is 16.7. The second-order valence-corrected chi connectivity index (χ2v) is 14.2. The average molecular weight is 669 g/mol. The van der Waals surface area contributed by atoms with Crippen molar-refractivity contribution in [1.82, 2.24) is 10.2 Å². The molecule has 13 atom stereocenters. The number of ether oxygens (including phenoxy) is 6. The molecule has 0 spiro atoms. The Labute approximate surface area is 279 Å². The lowest BCUT2D eigenvalue weighted by atomic mass is 9.72. The third kappa shape index (κ3) is 8.00. The zero-order valence-corrected chi connectivity index (χ0v) is 30.1. The van der Waals surface area contributed by atoms with Crippen LogP contribution in [0, 0.1) is 23.7 Å². The number of cyclic esters (lactones) is 1. The number of carbonyl (C=O) groups is 5. The van der Waals surface area contributed by atoms with Gasteiger partial charge in [-0.1, -0.05) is 27.7 Å². The van der Waals surface area contributed by atoms with Crippen LogP contribution in [0.5, 0.6) is 0 Å². The number of esters is 2. The highest BCUT2D eigenvalue weighted by Gasteiger charge is 2.58. The Hall–Kier alpha value is -2.61. The van der Waals surface area contributed by atoms with Crippen LogP contribution in [0.15, 0.2) is 0 Å². The SMILES string of the molecule is CCC1C(=O)[C@H](C)C[C@](C)(OC)[C@H](O[C@@H]2O[C@H](C)C[C@H](N(C)C)[C@H]2OC(C)=O)[C@@H](C)C(=O)[C@@H](C)C(=O)O[C@H](CC)[C@@]2(C)OC(=O)N[C@H]12. The van der Waals surface area contributed by atoms with E-state index in [1.807, 2.05) is 32.8 Å². The zero-order chi connectivity index (χ0) is 35.6. The predicted molar refractivity (Wildman–Crippen MR) is 170 cm³/mol. The molecule has 3 aliphatic rings. The van der Waals surface area contributed by atoms with Crippen LogP contribution in [0.2, 0.25) is 0 Å². The lowest BCUT2D eigenvalue weighted by Crippen LogP contribution is -2.61.